The lowest BCUT2D eigenvalue weighted by molar-refractivity contribution is -0.137. The molecule has 0 spiro atoms. The third kappa shape index (κ3) is 3.40. The number of nitrogens with zero attached hydrogens (tertiary/aromatic N) is 4. The lowest BCUT2D eigenvalue weighted by Gasteiger charge is -2.12. The monoisotopic (exact) mass is 341 g/mol. The minimum absolute atomic E-state index is 0.0882. The van der Waals surface area contributed by atoms with E-state index in [9.17, 15) is 13.2 Å². The SMILES string of the molecule is N#Cc1cc(-c2nnc(N)nc2-c2ccccc2)cc(C(F)(F)F)c1. The Morgan fingerprint density at radius 3 is 2.28 bits per heavy atom. The molecule has 0 aliphatic heterocycles. The van der Waals surface area contributed by atoms with Gasteiger partial charge in [-0.15, -0.1) is 10.2 Å². The molecule has 0 amide bonds. The summed E-state index contributed by atoms with van der Waals surface area (Å²) in [5.41, 5.74) is 5.61. The number of nitrogen functional groups attached to an aromatic ring is 1. The normalized spacial score (nSPS) is 11.1. The van der Waals surface area contributed by atoms with E-state index in [1.807, 2.05) is 0 Å². The summed E-state index contributed by atoms with van der Waals surface area (Å²) < 4.78 is 39.3. The zero-order valence-corrected chi connectivity index (χ0v) is 12.6. The van der Waals surface area contributed by atoms with E-state index in [2.05, 4.69) is 15.2 Å². The second-order valence-electron chi connectivity index (χ2n) is 5.14. The summed E-state index contributed by atoms with van der Waals surface area (Å²) in [4.78, 5) is 4.11. The predicted octanol–water partition coefficient (Wildman–Crippen LogP) is 3.68. The van der Waals surface area contributed by atoms with Gasteiger partial charge in [0.15, 0.2) is 0 Å². The van der Waals surface area contributed by atoms with Crippen molar-refractivity contribution in [3.63, 3.8) is 0 Å². The van der Waals surface area contributed by atoms with E-state index in [1.165, 1.54) is 6.07 Å². The van der Waals surface area contributed by atoms with Gasteiger partial charge in [0.05, 0.1) is 17.2 Å². The highest BCUT2D eigenvalue weighted by molar-refractivity contribution is 5.79. The van der Waals surface area contributed by atoms with E-state index in [0.29, 0.717) is 5.56 Å². The van der Waals surface area contributed by atoms with E-state index in [0.717, 1.165) is 12.1 Å². The van der Waals surface area contributed by atoms with Gasteiger partial charge in [-0.05, 0) is 18.2 Å². The van der Waals surface area contributed by atoms with Gasteiger partial charge in [-0.1, -0.05) is 30.3 Å². The first kappa shape index (κ1) is 16.4. The Morgan fingerprint density at radius 2 is 1.64 bits per heavy atom. The van der Waals surface area contributed by atoms with Crippen LogP contribution in [0.1, 0.15) is 11.1 Å². The van der Waals surface area contributed by atoms with Crippen LogP contribution in [0.15, 0.2) is 48.5 Å². The van der Waals surface area contributed by atoms with Crippen LogP contribution >= 0.6 is 0 Å². The van der Waals surface area contributed by atoms with Crippen molar-refractivity contribution in [2.75, 3.05) is 5.73 Å². The molecule has 0 atom stereocenters. The Bertz CT molecular complexity index is 962. The Balaban J connectivity index is 2.26. The Labute approximate surface area is 140 Å². The summed E-state index contributed by atoms with van der Waals surface area (Å²) in [6.07, 6.45) is -4.59. The minimum Gasteiger partial charge on any atom is -0.366 e. The van der Waals surface area contributed by atoms with Crippen LogP contribution in [0.5, 0.6) is 0 Å². The van der Waals surface area contributed by atoms with Gasteiger partial charge in [0.2, 0.25) is 5.95 Å². The minimum atomic E-state index is -4.59. The number of rotatable bonds is 2. The molecule has 0 fully saturated rings. The number of nitrogens with two attached hydrogens (primary N) is 1. The van der Waals surface area contributed by atoms with Gasteiger partial charge in [0.25, 0.3) is 0 Å². The van der Waals surface area contributed by atoms with Gasteiger partial charge in [-0.2, -0.15) is 18.4 Å². The molecule has 0 aliphatic carbocycles. The molecule has 0 saturated heterocycles. The Kier molecular flexibility index (Phi) is 4.07. The van der Waals surface area contributed by atoms with Gasteiger partial charge in [0.1, 0.15) is 11.4 Å². The van der Waals surface area contributed by atoms with Crippen LogP contribution in [-0.2, 0) is 6.18 Å². The zero-order valence-electron chi connectivity index (χ0n) is 12.6. The third-order valence-electron chi connectivity index (χ3n) is 3.41. The largest absolute Gasteiger partial charge is 0.416 e. The second-order valence-corrected chi connectivity index (χ2v) is 5.14. The standard InChI is InChI=1S/C17H10F3N5/c18-17(19,20)13-7-10(9-21)6-12(8-13)15-14(23-16(22)25-24-15)11-4-2-1-3-5-11/h1-8H,(H2,22,23,25). The maximum Gasteiger partial charge on any atom is 0.416 e. The number of alkyl halides is 3. The molecular weight excluding hydrogens is 331 g/mol. The first-order chi connectivity index (χ1) is 11.9. The summed E-state index contributed by atoms with van der Waals surface area (Å²) in [5.74, 6) is -0.102. The first-order valence-electron chi connectivity index (χ1n) is 7.07. The van der Waals surface area contributed by atoms with Gasteiger partial charge in [-0.25, -0.2) is 4.98 Å². The van der Waals surface area contributed by atoms with Crippen molar-refractivity contribution in [2.45, 2.75) is 6.18 Å². The molecule has 2 N–H and O–H groups in total. The fourth-order valence-corrected chi connectivity index (χ4v) is 2.32. The van der Waals surface area contributed by atoms with Gasteiger partial charge in [-0.3, -0.25) is 0 Å². The summed E-state index contributed by atoms with van der Waals surface area (Å²) in [7, 11) is 0. The summed E-state index contributed by atoms with van der Waals surface area (Å²) in [6, 6.07) is 13.5. The molecule has 3 aromatic rings. The van der Waals surface area contributed by atoms with Crippen molar-refractivity contribution >= 4 is 5.95 Å². The first-order valence-corrected chi connectivity index (χ1v) is 7.07. The van der Waals surface area contributed by atoms with E-state index in [-0.39, 0.29) is 28.5 Å². The lowest BCUT2D eigenvalue weighted by Crippen LogP contribution is -2.07. The smallest absolute Gasteiger partial charge is 0.366 e. The maximum absolute atomic E-state index is 13.1. The maximum atomic E-state index is 13.1. The van der Waals surface area contributed by atoms with Crippen molar-refractivity contribution in [3.05, 3.63) is 59.7 Å². The molecule has 124 valence electrons. The average molecular weight is 341 g/mol. The molecule has 0 bridgehead atoms. The fraction of sp³-hybridized carbons (Fsp3) is 0.0588. The number of anilines is 1. The van der Waals surface area contributed by atoms with Crippen LogP contribution < -0.4 is 5.73 Å². The number of halogens is 3. The van der Waals surface area contributed by atoms with Crippen LogP contribution in [0.25, 0.3) is 22.5 Å². The molecule has 5 nitrogen and oxygen atoms in total. The lowest BCUT2D eigenvalue weighted by atomic mass is 10.00. The van der Waals surface area contributed by atoms with Crippen LogP contribution in [0.2, 0.25) is 0 Å². The van der Waals surface area contributed by atoms with Crippen molar-refractivity contribution < 1.29 is 13.2 Å². The topological polar surface area (TPSA) is 88.5 Å². The Hall–Kier alpha value is -3.47. The van der Waals surface area contributed by atoms with Crippen molar-refractivity contribution in [3.8, 4) is 28.6 Å². The quantitative estimate of drug-likeness (QED) is 0.768. The van der Waals surface area contributed by atoms with Crippen LogP contribution in [0, 0.1) is 11.3 Å². The Morgan fingerprint density at radius 1 is 0.920 bits per heavy atom. The molecule has 0 saturated carbocycles. The van der Waals surface area contributed by atoms with Gasteiger partial charge >= 0.3 is 6.18 Å². The molecule has 2 aromatic carbocycles. The molecular formula is C17H10F3N5. The number of nitriles is 1. The van der Waals surface area contributed by atoms with Crippen molar-refractivity contribution in [1.29, 1.82) is 5.26 Å². The van der Waals surface area contributed by atoms with Crippen LogP contribution in [0.3, 0.4) is 0 Å². The molecule has 0 aliphatic rings. The van der Waals surface area contributed by atoms with E-state index in [1.54, 1.807) is 36.4 Å². The summed E-state index contributed by atoms with van der Waals surface area (Å²) >= 11 is 0. The summed E-state index contributed by atoms with van der Waals surface area (Å²) in [6.45, 7) is 0. The highest BCUT2D eigenvalue weighted by Crippen LogP contribution is 2.35. The molecule has 1 aromatic heterocycles. The van der Waals surface area contributed by atoms with Gasteiger partial charge in [0, 0.05) is 11.1 Å². The van der Waals surface area contributed by atoms with E-state index >= 15 is 0 Å². The van der Waals surface area contributed by atoms with Gasteiger partial charge < -0.3 is 5.73 Å². The number of hydrogen-bond acceptors (Lipinski definition) is 5. The molecule has 25 heavy (non-hydrogen) atoms. The molecule has 1 heterocycles. The highest BCUT2D eigenvalue weighted by atomic mass is 19.4. The third-order valence-corrected chi connectivity index (χ3v) is 3.41. The number of hydrogen-bond donors (Lipinski definition) is 1. The molecule has 8 heteroatoms. The second kappa shape index (κ2) is 6.20. The van der Waals surface area contributed by atoms with E-state index < -0.39 is 11.7 Å². The van der Waals surface area contributed by atoms with E-state index in [4.69, 9.17) is 11.0 Å². The average Bonchev–Trinajstić information content (AvgIpc) is 2.61. The number of aromatic nitrogens is 3. The summed E-state index contributed by atoms with van der Waals surface area (Å²) in [5, 5.41) is 16.6. The highest BCUT2D eigenvalue weighted by Gasteiger charge is 2.31. The van der Waals surface area contributed by atoms with Crippen molar-refractivity contribution in [2.24, 2.45) is 0 Å². The fourth-order valence-electron chi connectivity index (χ4n) is 2.32. The molecule has 0 radical (unpaired) electrons. The molecule has 0 unspecified atom stereocenters. The predicted molar refractivity (Wildman–Crippen MR) is 84.8 cm³/mol. The van der Waals surface area contributed by atoms with Crippen LogP contribution in [0.4, 0.5) is 19.1 Å². The molecule has 3 rings (SSSR count). The van der Waals surface area contributed by atoms with Crippen molar-refractivity contribution in [1.82, 2.24) is 15.2 Å². The van der Waals surface area contributed by atoms with Crippen LogP contribution in [-0.4, -0.2) is 15.2 Å². The number of benzene rings is 2. The zero-order chi connectivity index (χ0) is 18.0.